The lowest BCUT2D eigenvalue weighted by atomic mass is 10.1. The average Bonchev–Trinajstić information content (AvgIpc) is 3.07. The summed E-state index contributed by atoms with van der Waals surface area (Å²) < 4.78 is 28.7. The highest BCUT2D eigenvalue weighted by atomic mass is 32.2. The summed E-state index contributed by atoms with van der Waals surface area (Å²) in [6, 6.07) is 9.03. The van der Waals surface area contributed by atoms with Gasteiger partial charge in [-0.15, -0.1) is 0 Å². The molecule has 4 nitrogen and oxygen atoms in total. The van der Waals surface area contributed by atoms with E-state index in [0.717, 1.165) is 35.0 Å². The van der Waals surface area contributed by atoms with Gasteiger partial charge in [-0.1, -0.05) is 23.9 Å². The Bertz CT molecular complexity index is 956. The second-order valence-electron chi connectivity index (χ2n) is 5.83. The number of rotatable bonds is 5. The third kappa shape index (κ3) is 4.11. The molecule has 1 aromatic heterocycles. The average molecular weight is 373 g/mol. The molecule has 0 spiro atoms. The van der Waals surface area contributed by atoms with Crippen LogP contribution < -0.4 is 5.32 Å². The summed E-state index contributed by atoms with van der Waals surface area (Å²) in [6.07, 6.45) is 3.49. The first kappa shape index (κ1) is 18.1. The molecular formula is C19H17F2N3OS. The molecular weight excluding hydrogens is 356 g/mol. The van der Waals surface area contributed by atoms with E-state index < -0.39 is 17.5 Å². The third-order valence-corrected chi connectivity index (χ3v) is 4.73. The van der Waals surface area contributed by atoms with Crippen LogP contribution in [0.4, 0.5) is 14.5 Å². The molecule has 0 radical (unpaired) electrons. The topological polar surface area (TPSA) is 46.9 Å². The van der Waals surface area contributed by atoms with Crippen LogP contribution in [0, 0.1) is 25.5 Å². The molecule has 134 valence electrons. The Labute approximate surface area is 154 Å². The van der Waals surface area contributed by atoms with Gasteiger partial charge in [0.05, 0.1) is 17.1 Å². The molecule has 0 fully saturated rings. The highest BCUT2D eigenvalue weighted by molar-refractivity contribution is 7.99. The van der Waals surface area contributed by atoms with Gasteiger partial charge in [-0.2, -0.15) is 0 Å². The molecule has 0 unspecified atom stereocenters. The Morgan fingerprint density at radius 2 is 2.00 bits per heavy atom. The van der Waals surface area contributed by atoms with Crippen LogP contribution in [-0.2, 0) is 4.79 Å². The van der Waals surface area contributed by atoms with Crippen molar-refractivity contribution in [3.05, 3.63) is 71.6 Å². The van der Waals surface area contributed by atoms with Crippen molar-refractivity contribution in [2.75, 3.05) is 11.1 Å². The van der Waals surface area contributed by atoms with Gasteiger partial charge in [-0.3, -0.25) is 9.36 Å². The van der Waals surface area contributed by atoms with Crippen molar-refractivity contribution in [3.8, 4) is 5.69 Å². The van der Waals surface area contributed by atoms with E-state index in [9.17, 15) is 13.6 Å². The summed E-state index contributed by atoms with van der Waals surface area (Å²) in [5.41, 5.74) is 3.02. The normalized spacial score (nSPS) is 10.8. The van der Waals surface area contributed by atoms with Crippen molar-refractivity contribution in [1.29, 1.82) is 0 Å². The van der Waals surface area contributed by atoms with Crippen molar-refractivity contribution in [1.82, 2.24) is 9.55 Å². The van der Waals surface area contributed by atoms with E-state index in [-0.39, 0.29) is 11.4 Å². The largest absolute Gasteiger partial charge is 0.323 e. The second kappa shape index (κ2) is 7.70. The molecule has 2 aromatic carbocycles. The number of nitrogens with zero attached hydrogens (tertiary/aromatic N) is 2. The van der Waals surface area contributed by atoms with Gasteiger partial charge in [0.1, 0.15) is 11.6 Å². The van der Waals surface area contributed by atoms with Crippen molar-refractivity contribution in [2.45, 2.75) is 19.0 Å². The molecule has 3 rings (SSSR count). The maximum atomic E-state index is 13.6. The first-order valence-corrected chi connectivity index (χ1v) is 8.91. The zero-order chi connectivity index (χ0) is 18.7. The van der Waals surface area contributed by atoms with Crippen LogP contribution in [0.1, 0.15) is 11.1 Å². The Kier molecular flexibility index (Phi) is 5.37. The second-order valence-corrected chi connectivity index (χ2v) is 6.77. The van der Waals surface area contributed by atoms with E-state index in [1.807, 2.05) is 42.8 Å². The van der Waals surface area contributed by atoms with Gasteiger partial charge in [0.15, 0.2) is 5.16 Å². The third-order valence-electron chi connectivity index (χ3n) is 3.77. The molecule has 0 saturated carbocycles. The number of hydrogen-bond donors (Lipinski definition) is 1. The van der Waals surface area contributed by atoms with Crippen molar-refractivity contribution >= 4 is 23.4 Å². The van der Waals surface area contributed by atoms with E-state index in [4.69, 9.17) is 0 Å². The van der Waals surface area contributed by atoms with Crippen LogP contribution in [0.2, 0.25) is 0 Å². The number of carbonyl (C=O) groups excluding carboxylic acids is 1. The molecule has 0 aliphatic heterocycles. The van der Waals surface area contributed by atoms with Gasteiger partial charge in [-0.25, -0.2) is 13.8 Å². The van der Waals surface area contributed by atoms with E-state index >= 15 is 0 Å². The summed E-state index contributed by atoms with van der Waals surface area (Å²) in [5, 5.41) is 3.03. The maximum absolute atomic E-state index is 13.6. The Morgan fingerprint density at radius 1 is 1.19 bits per heavy atom. The molecule has 0 aliphatic rings. The fraction of sp³-hybridized carbons (Fsp3) is 0.158. The minimum absolute atomic E-state index is 0.0256. The van der Waals surface area contributed by atoms with E-state index in [2.05, 4.69) is 10.3 Å². The molecule has 3 aromatic rings. The summed E-state index contributed by atoms with van der Waals surface area (Å²) in [7, 11) is 0. The van der Waals surface area contributed by atoms with E-state index in [1.165, 1.54) is 11.8 Å². The van der Waals surface area contributed by atoms with Crippen LogP contribution in [0.25, 0.3) is 5.69 Å². The summed E-state index contributed by atoms with van der Waals surface area (Å²) in [4.78, 5) is 16.4. The number of anilines is 1. The van der Waals surface area contributed by atoms with Gasteiger partial charge < -0.3 is 5.32 Å². The highest BCUT2D eigenvalue weighted by Gasteiger charge is 2.12. The summed E-state index contributed by atoms with van der Waals surface area (Å²) >= 11 is 1.22. The quantitative estimate of drug-likeness (QED) is 0.670. The standard InChI is InChI=1S/C19H17F2N3OS/c1-12-3-4-13(2)17(9-12)24-8-7-22-19(24)26-11-18(25)23-16-10-14(20)5-6-15(16)21/h3-10H,11H2,1-2H3,(H,23,25). The number of thioether (sulfide) groups is 1. The van der Waals surface area contributed by atoms with E-state index in [0.29, 0.717) is 5.16 Å². The Balaban J connectivity index is 1.71. The number of benzene rings is 2. The lowest BCUT2D eigenvalue weighted by Gasteiger charge is -2.11. The fourth-order valence-electron chi connectivity index (χ4n) is 2.47. The molecule has 0 saturated heterocycles. The highest BCUT2D eigenvalue weighted by Crippen LogP contribution is 2.24. The number of carbonyl (C=O) groups is 1. The van der Waals surface area contributed by atoms with Crippen LogP contribution >= 0.6 is 11.8 Å². The monoisotopic (exact) mass is 373 g/mol. The smallest absolute Gasteiger partial charge is 0.234 e. The number of amides is 1. The van der Waals surface area contributed by atoms with Gasteiger partial charge in [0.2, 0.25) is 5.91 Å². The number of aromatic nitrogens is 2. The van der Waals surface area contributed by atoms with Crippen molar-refractivity contribution in [2.24, 2.45) is 0 Å². The molecule has 7 heteroatoms. The molecule has 1 amide bonds. The summed E-state index contributed by atoms with van der Waals surface area (Å²) in [5.74, 6) is -1.70. The minimum atomic E-state index is -0.679. The molecule has 0 atom stereocenters. The SMILES string of the molecule is Cc1ccc(C)c(-n2ccnc2SCC(=O)Nc2cc(F)ccc2F)c1. The minimum Gasteiger partial charge on any atom is -0.323 e. The Morgan fingerprint density at radius 3 is 2.81 bits per heavy atom. The first-order valence-electron chi connectivity index (χ1n) is 7.93. The van der Waals surface area contributed by atoms with E-state index in [1.54, 1.807) is 6.20 Å². The van der Waals surface area contributed by atoms with Gasteiger partial charge in [-0.05, 0) is 43.2 Å². The Hall–Kier alpha value is -2.67. The number of hydrogen-bond acceptors (Lipinski definition) is 3. The lowest BCUT2D eigenvalue weighted by Crippen LogP contribution is -2.15. The van der Waals surface area contributed by atoms with Gasteiger partial charge in [0.25, 0.3) is 0 Å². The molecule has 0 bridgehead atoms. The zero-order valence-electron chi connectivity index (χ0n) is 14.3. The van der Waals surface area contributed by atoms with Gasteiger partial charge in [0, 0.05) is 18.5 Å². The number of halogens is 2. The molecule has 1 N–H and O–H groups in total. The lowest BCUT2D eigenvalue weighted by molar-refractivity contribution is -0.113. The van der Waals surface area contributed by atoms with Crippen molar-refractivity contribution < 1.29 is 13.6 Å². The zero-order valence-corrected chi connectivity index (χ0v) is 15.1. The van der Waals surface area contributed by atoms with Crippen molar-refractivity contribution in [3.63, 3.8) is 0 Å². The molecule has 26 heavy (non-hydrogen) atoms. The number of nitrogens with one attached hydrogen (secondary N) is 1. The predicted octanol–water partition coefficient (Wildman–Crippen LogP) is 4.50. The molecule has 0 aliphatic carbocycles. The number of imidazole rings is 1. The van der Waals surface area contributed by atoms with Crippen LogP contribution in [0.15, 0.2) is 53.9 Å². The fourth-order valence-corrected chi connectivity index (χ4v) is 3.23. The summed E-state index contributed by atoms with van der Waals surface area (Å²) in [6.45, 7) is 4.01. The predicted molar refractivity (Wildman–Crippen MR) is 98.7 cm³/mol. The van der Waals surface area contributed by atoms with Crippen LogP contribution in [-0.4, -0.2) is 21.2 Å². The maximum Gasteiger partial charge on any atom is 0.234 e. The van der Waals surface area contributed by atoms with Crippen LogP contribution in [0.3, 0.4) is 0 Å². The number of aryl methyl sites for hydroxylation is 2. The molecule has 1 heterocycles. The van der Waals surface area contributed by atoms with Gasteiger partial charge >= 0.3 is 0 Å². The van der Waals surface area contributed by atoms with Crippen LogP contribution in [0.5, 0.6) is 0 Å². The first-order chi connectivity index (χ1) is 12.4.